The molecule has 26 heavy (non-hydrogen) atoms. The van der Waals surface area contributed by atoms with Gasteiger partial charge in [-0.3, -0.25) is 14.7 Å². The number of cyclic esters (lactones) is 1. The van der Waals surface area contributed by atoms with E-state index in [9.17, 15) is 14.4 Å². The Kier molecular flexibility index (Phi) is 5.75. The average Bonchev–Trinajstić information content (AvgIpc) is 3.02. The zero-order valence-corrected chi connectivity index (χ0v) is 16.0. The quantitative estimate of drug-likeness (QED) is 0.676. The minimum Gasteiger partial charge on any atom is -0.467 e. The molecule has 2 amide bonds. The van der Waals surface area contributed by atoms with Gasteiger partial charge < -0.3 is 14.4 Å². The Morgan fingerprint density at radius 2 is 2.08 bits per heavy atom. The molecule has 2 aliphatic heterocycles. The normalized spacial score (nSPS) is 20.8. The monoisotopic (exact) mass is 425 g/mol. The van der Waals surface area contributed by atoms with Gasteiger partial charge in [0, 0.05) is 36.0 Å². The molecular weight excluding hydrogens is 406 g/mol. The predicted octanol–water partition coefficient (Wildman–Crippen LogP) is 1.37. The third-order valence-corrected chi connectivity index (χ3v) is 5.15. The van der Waals surface area contributed by atoms with Crippen LogP contribution in [0.25, 0.3) is 0 Å². The van der Waals surface area contributed by atoms with E-state index in [1.54, 1.807) is 17.3 Å². The van der Waals surface area contributed by atoms with Gasteiger partial charge in [-0.05, 0) is 40.4 Å². The Morgan fingerprint density at radius 1 is 1.35 bits per heavy atom. The Labute approximate surface area is 159 Å². The zero-order chi connectivity index (χ0) is 18.7. The van der Waals surface area contributed by atoms with Gasteiger partial charge in [0.15, 0.2) is 6.04 Å². The molecular formula is C17H20BrN3O5. The van der Waals surface area contributed by atoms with Crippen molar-refractivity contribution >= 4 is 33.9 Å². The number of amides is 2. The van der Waals surface area contributed by atoms with Crippen molar-refractivity contribution in [3.8, 4) is 0 Å². The average molecular weight is 426 g/mol. The summed E-state index contributed by atoms with van der Waals surface area (Å²) in [5.41, 5.74) is 0.848. The van der Waals surface area contributed by atoms with E-state index in [4.69, 9.17) is 9.47 Å². The van der Waals surface area contributed by atoms with E-state index >= 15 is 0 Å². The summed E-state index contributed by atoms with van der Waals surface area (Å²) in [5, 5.41) is 0. The number of rotatable bonds is 4. The SMILES string of the molecule is COC(=O)C1COC(=O)N1C1CCN(C(=O)Cc2cncc(Br)c2)CC1. The van der Waals surface area contributed by atoms with Gasteiger partial charge in [-0.25, -0.2) is 9.59 Å². The lowest BCUT2D eigenvalue weighted by atomic mass is 10.0. The summed E-state index contributed by atoms with van der Waals surface area (Å²) in [7, 11) is 1.29. The topological polar surface area (TPSA) is 89.0 Å². The number of esters is 1. The second kappa shape index (κ2) is 8.03. The van der Waals surface area contributed by atoms with E-state index in [1.807, 2.05) is 6.07 Å². The number of nitrogens with zero attached hydrogens (tertiary/aromatic N) is 3. The van der Waals surface area contributed by atoms with Crippen LogP contribution in [-0.2, 0) is 25.5 Å². The van der Waals surface area contributed by atoms with Gasteiger partial charge >= 0.3 is 12.1 Å². The highest BCUT2D eigenvalue weighted by Crippen LogP contribution is 2.25. The first-order valence-corrected chi connectivity index (χ1v) is 9.19. The molecule has 1 aromatic heterocycles. The number of likely N-dealkylation sites (tertiary alicyclic amines) is 1. The van der Waals surface area contributed by atoms with Crippen molar-refractivity contribution in [2.24, 2.45) is 0 Å². The van der Waals surface area contributed by atoms with Crippen molar-refractivity contribution in [2.75, 3.05) is 26.8 Å². The molecule has 0 spiro atoms. The molecule has 2 saturated heterocycles. The summed E-state index contributed by atoms with van der Waals surface area (Å²) in [6, 6.07) is 1.04. The number of hydrogen-bond acceptors (Lipinski definition) is 6. The molecule has 0 aromatic carbocycles. The van der Waals surface area contributed by atoms with Crippen molar-refractivity contribution in [2.45, 2.75) is 31.3 Å². The Hall–Kier alpha value is -2.16. The first-order valence-electron chi connectivity index (χ1n) is 8.39. The van der Waals surface area contributed by atoms with Gasteiger partial charge in [0.25, 0.3) is 0 Å². The molecule has 3 heterocycles. The minimum absolute atomic E-state index is 0.0144. The molecule has 0 radical (unpaired) electrons. The van der Waals surface area contributed by atoms with Crippen LogP contribution in [0.3, 0.4) is 0 Å². The van der Waals surface area contributed by atoms with Crippen molar-refractivity contribution in [3.05, 3.63) is 28.5 Å². The van der Waals surface area contributed by atoms with E-state index in [0.29, 0.717) is 25.9 Å². The number of pyridine rings is 1. The van der Waals surface area contributed by atoms with E-state index in [1.165, 1.54) is 12.0 Å². The maximum atomic E-state index is 12.5. The number of methoxy groups -OCH3 is 1. The highest BCUT2D eigenvalue weighted by Gasteiger charge is 2.44. The largest absolute Gasteiger partial charge is 0.467 e. The van der Waals surface area contributed by atoms with Gasteiger partial charge in [0.05, 0.1) is 13.5 Å². The van der Waals surface area contributed by atoms with E-state index < -0.39 is 18.1 Å². The second-order valence-electron chi connectivity index (χ2n) is 6.32. The van der Waals surface area contributed by atoms with Crippen LogP contribution in [0.1, 0.15) is 18.4 Å². The third-order valence-electron chi connectivity index (χ3n) is 4.71. The third kappa shape index (κ3) is 3.98. The van der Waals surface area contributed by atoms with Crippen LogP contribution in [0.4, 0.5) is 4.79 Å². The molecule has 0 N–H and O–H groups in total. The van der Waals surface area contributed by atoms with Gasteiger partial charge in [-0.15, -0.1) is 0 Å². The molecule has 1 atom stereocenters. The molecule has 2 aliphatic rings. The van der Waals surface area contributed by atoms with E-state index in [-0.39, 0.29) is 25.0 Å². The number of carbonyl (C=O) groups is 3. The standard InChI is InChI=1S/C17H20BrN3O5/c1-25-16(23)14-10-26-17(24)21(14)13-2-4-20(5-3-13)15(22)7-11-6-12(18)9-19-8-11/h6,8-9,13-14H,2-5,7,10H2,1H3. The maximum absolute atomic E-state index is 12.5. The lowest BCUT2D eigenvalue weighted by molar-refractivity contribution is -0.146. The second-order valence-corrected chi connectivity index (χ2v) is 7.24. The van der Waals surface area contributed by atoms with Gasteiger partial charge in [0.1, 0.15) is 6.61 Å². The number of ether oxygens (including phenoxy) is 2. The van der Waals surface area contributed by atoms with Gasteiger partial charge in [0.2, 0.25) is 5.91 Å². The van der Waals surface area contributed by atoms with Crippen molar-refractivity contribution in [1.82, 2.24) is 14.8 Å². The summed E-state index contributed by atoms with van der Waals surface area (Å²) in [6.07, 6.45) is 4.34. The van der Waals surface area contributed by atoms with Crippen LogP contribution < -0.4 is 0 Å². The molecule has 1 unspecified atom stereocenters. The molecule has 0 aliphatic carbocycles. The van der Waals surface area contributed by atoms with Gasteiger partial charge in [-0.2, -0.15) is 0 Å². The van der Waals surface area contributed by atoms with Crippen molar-refractivity contribution in [3.63, 3.8) is 0 Å². The molecule has 8 nitrogen and oxygen atoms in total. The smallest absolute Gasteiger partial charge is 0.410 e. The number of halogens is 1. The number of aromatic nitrogens is 1. The van der Waals surface area contributed by atoms with Crippen LogP contribution in [-0.4, -0.2) is 71.6 Å². The summed E-state index contributed by atoms with van der Waals surface area (Å²) < 4.78 is 10.6. The van der Waals surface area contributed by atoms with E-state index in [0.717, 1.165) is 10.0 Å². The minimum atomic E-state index is -0.701. The van der Waals surface area contributed by atoms with Crippen LogP contribution in [0.5, 0.6) is 0 Å². The van der Waals surface area contributed by atoms with E-state index in [2.05, 4.69) is 20.9 Å². The van der Waals surface area contributed by atoms with Gasteiger partial charge in [-0.1, -0.05) is 0 Å². The van der Waals surface area contributed by atoms with Crippen molar-refractivity contribution < 1.29 is 23.9 Å². The number of hydrogen-bond donors (Lipinski definition) is 0. The van der Waals surface area contributed by atoms with Crippen LogP contribution in [0.15, 0.2) is 22.9 Å². The molecule has 0 bridgehead atoms. The molecule has 0 saturated carbocycles. The number of piperidine rings is 1. The first-order chi connectivity index (χ1) is 12.5. The predicted molar refractivity (Wildman–Crippen MR) is 94.2 cm³/mol. The first kappa shape index (κ1) is 18.6. The fourth-order valence-electron chi connectivity index (χ4n) is 3.39. The van der Waals surface area contributed by atoms with Crippen molar-refractivity contribution in [1.29, 1.82) is 0 Å². The molecule has 2 fully saturated rings. The lowest BCUT2D eigenvalue weighted by Crippen LogP contribution is -2.52. The highest BCUT2D eigenvalue weighted by atomic mass is 79.9. The Morgan fingerprint density at radius 3 is 2.73 bits per heavy atom. The highest BCUT2D eigenvalue weighted by molar-refractivity contribution is 9.10. The number of carbonyl (C=O) groups excluding carboxylic acids is 3. The van der Waals surface area contributed by atoms with Crippen LogP contribution in [0.2, 0.25) is 0 Å². The summed E-state index contributed by atoms with van der Waals surface area (Å²) >= 11 is 3.35. The zero-order valence-electron chi connectivity index (χ0n) is 14.4. The lowest BCUT2D eigenvalue weighted by Gasteiger charge is -2.37. The molecule has 140 valence electrons. The maximum Gasteiger partial charge on any atom is 0.410 e. The Bertz CT molecular complexity index is 705. The molecule has 1 aromatic rings. The fraction of sp³-hybridized carbons (Fsp3) is 0.529. The summed E-state index contributed by atoms with van der Waals surface area (Å²) in [6.45, 7) is 1.08. The molecule has 3 rings (SSSR count). The summed E-state index contributed by atoms with van der Waals surface area (Å²) in [4.78, 5) is 43.7. The van der Waals surface area contributed by atoms with Crippen LogP contribution >= 0.6 is 15.9 Å². The van der Waals surface area contributed by atoms with Crippen LogP contribution in [0, 0.1) is 0 Å². The molecule has 9 heteroatoms. The summed E-state index contributed by atoms with van der Waals surface area (Å²) in [5.74, 6) is -0.451. The fourth-order valence-corrected chi connectivity index (χ4v) is 3.80. The Balaban J connectivity index is 1.57.